The van der Waals surface area contributed by atoms with Crippen LogP contribution in [0, 0.1) is 0 Å². The van der Waals surface area contributed by atoms with E-state index in [-0.39, 0.29) is 12.2 Å². The topological polar surface area (TPSA) is 59.7 Å². The third-order valence-corrected chi connectivity index (χ3v) is 2.74. The lowest BCUT2D eigenvalue weighted by Crippen LogP contribution is -1.95. The molecule has 0 aliphatic carbocycles. The Hall–Kier alpha value is -2.23. The van der Waals surface area contributed by atoms with E-state index in [4.69, 9.17) is 14.3 Å². The molecule has 1 aromatic heterocycles. The maximum absolute atomic E-state index is 10.7. The summed E-state index contributed by atoms with van der Waals surface area (Å²) in [5, 5.41) is 8.76. The highest BCUT2D eigenvalue weighted by molar-refractivity contribution is 5.87. The van der Waals surface area contributed by atoms with Gasteiger partial charge in [0.2, 0.25) is 0 Å². The van der Waals surface area contributed by atoms with E-state index < -0.39 is 5.97 Å². The van der Waals surface area contributed by atoms with Gasteiger partial charge in [0, 0.05) is 0 Å². The molecule has 1 heterocycles. The average Bonchev–Trinajstić information content (AvgIpc) is 2.87. The second-order valence-corrected chi connectivity index (χ2v) is 4.29. The maximum Gasteiger partial charge on any atom is 0.338 e. The second-order valence-electron chi connectivity index (χ2n) is 4.29. The molecule has 0 atom stereocenters. The molecule has 1 aromatic carbocycles. The molecule has 1 N–H and O–H groups in total. The minimum absolute atomic E-state index is 0.136. The van der Waals surface area contributed by atoms with Gasteiger partial charge in [0.1, 0.15) is 24.4 Å². The fraction of sp³-hybridized carbons (Fsp3) is 0.267. The molecule has 4 heteroatoms. The summed E-state index contributed by atoms with van der Waals surface area (Å²) in [6, 6.07) is 9.35. The minimum atomic E-state index is -1.00. The molecule has 2 rings (SSSR count). The normalized spacial score (nSPS) is 10.4. The van der Waals surface area contributed by atoms with Crippen molar-refractivity contribution in [3.05, 3.63) is 53.5 Å². The Balaban J connectivity index is 1.92. The third kappa shape index (κ3) is 3.61. The van der Waals surface area contributed by atoms with Gasteiger partial charge in [0.05, 0.1) is 5.56 Å². The molecule has 0 aliphatic rings. The summed E-state index contributed by atoms with van der Waals surface area (Å²) in [6.45, 7) is 2.36. The highest BCUT2D eigenvalue weighted by Crippen LogP contribution is 2.16. The molecule has 0 bridgehead atoms. The first-order valence-corrected chi connectivity index (χ1v) is 6.21. The SMILES string of the molecule is CCCc1ccc(OCc2cc(C(=O)O)co2)cc1. The molecule has 0 spiro atoms. The molecule has 19 heavy (non-hydrogen) atoms. The van der Waals surface area contributed by atoms with Gasteiger partial charge >= 0.3 is 5.97 Å². The predicted molar refractivity (Wildman–Crippen MR) is 70.4 cm³/mol. The quantitative estimate of drug-likeness (QED) is 0.863. The third-order valence-electron chi connectivity index (χ3n) is 2.74. The fourth-order valence-corrected chi connectivity index (χ4v) is 1.76. The summed E-state index contributed by atoms with van der Waals surface area (Å²) in [6.07, 6.45) is 3.39. The van der Waals surface area contributed by atoms with Crippen LogP contribution in [0.3, 0.4) is 0 Å². The number of ether oxygens (including phenoxy) is 1. The summed E-state index contributed by atoms with van der Waals surface area (Å²) < 4.78 is 10.6. The molecule has 0 radical (unpaired) electrons. The molecular weight excluding hydrogens is 244 g/mol. The summed E-state index contributed by atoms with van der Waals surface area (Å²) in [5.74, 6) is 0.238. The van der Waals surface area contributed by atoms with Crippen LogP contribution in [-0.2, 0) is 13.0 Å². The Morgan fingerprint density at radius 2 is 2.05 bits per heavy atom. The van der Waals surface area contributed by atoms with Crippen molar-refractivity contribution in [3.63, 3.8) is 0 Å². The fourth-order valence-electron chi connectivity index (χ4n) is 1.76. The van der Waals surface area contributed by atoms with Crippen molar-refractivity contribution in [2.24, 2.45) is 0 Å². The Bertz CT molecular complexity index is 540. The van der Waals surface area contributed by atoms with Gasteiger partial charge < -0.3 is 14.3 Å². The van der Waals surface area contributed by atoms with Gasteiger partial charge in [0.25, 0.3) is 0 Å². The number of carboxylic acids is 1. The van der Waals surface area contributed by atoms with Crippen LogP contribution in [0.2, 0.25) is 0 Å². The van der Waals surface area contributed by atoms with Crippen molar-refractivity contribution >= 4 is 5.97 Å². The van der Waals surface area contributed by atoms with Crippen LogP contribution in [0.1, 0.15) is 35.0 Å². The molecule has 0 saturated heterocycles. The van der Waals surface area contributed by atoms with Crippen molar-refractivity contribution in [2.75, 3.05) is 0 Å². The molecule has 4 nitrogen and oxygen atoms in total. The molecule has 0 fully saturated rings. The smallest absolute Gasteiger partial charge is 0.338 e. The van der Waals surface area contributed by atoms with Gasteiger partial charge in [0.15, 0.2) is 0 Å². The Labute approximate surface area is 111 Å². The monoisotopic (exact) mass is 260 g/mol. The number of hydrogen-bond donors (Lipinski definition) is 1. The number of carbonyl (C=O) groups is 1. The lowest BCUT2D eigenvalue weighted by Gasteiger charge is -2.05. The molecule has 0 unspecified atom stereocenters. The lowest BCUT2D eigenvalue weighted by molar-refractivity contribution is 0.0696. The zero-order valence-corrected chi connectivity index (χ0v) is 10.8. The lowest BCUT2D eigenvalue weighted by atomic mass is 10.1. The first kappa shape index (κ1) is 13.2. The van der Waals surface area contributed by atoms with E-state index >= 15 is 0 Å². The average molecular weight is 260 g/mol. The molecular formula is C15H16O4. The molecule has 2 aromatic rings. The summed E-state index contributed by atoms with van der Waals surface area (Å²) >= 11 is 0. The van der Waals surface area contributed by atoms with Crippen LogP contribution in [0.5, 0.6) is 5.75 Å². The van der Waals surface area contributed by atoms with E-state index in [9.17, 15) is 4.79 Å². The van der Waals surface area contributed by atoms with Crippen LogP contribution in [-0.4, -0.2) is 11.1 Å². The van der Waals surface area contributed by atoms with E-state index in [1.807, 2.05) is 24.3 Å². The Morgan fingerprint density at radius 3 is 2.63 bits per heavy atom. The Morgan fingerprint density at radius 1 is 1.32 bits per heavy atom. The second kappa shape index (κ2) is 6.09. The van der Waals surface area contributed by atoms with Crippen molar-refractivity contribution in [1.82, 2.24) is 0 Å². The van der Waals surface area contributed by atoms with Crippen LogP contribution in [0.25, 0.3) is 0 Å². The van der Waals surface area contributed by atoms with Crippen LogP contribution < -0.4 is 4.74 Å². The van der Waals surface area contributed by atoms with Crippen molar-refractivity contribution < 1.29 is 19.1 Å². The largest absolute Gasteiger partial charge is 0.486 e. The van der Waals surface area contributed by atoms with Gasteiger partial charge in [-0.2, -0.15) is 0 Å². The first-order valence-electron chi connectivity index (χ1n) is 6.21. The number of hydrogen-bond acceptors (Lipinski definition) is 3. The van der Waals surface area contributed by atoms with Crippen LogP contribution in [0.4, 0.5) is 0 Å². The number of furan rings is 1. The molecule has 100 valence electrons. The standard InChI is InChI=1S/C15H16O4/c1-2-3-11-4-6-13(7-5-11)19-10-14-8-12(9-18-14)15(16)17/h4-9H,2-3,10H2,1H3,(H,16,17). The maximum atomic E-state index is 10.7. The van der Waals surface area contributed by atoms with E-state index in [0.29, 0.717) is 5.76 Å². The van der Waals surface area contributed by atoms with Crippen LogP contribution >= 0.6 is 0 Å². The van der Waals surface area contributed by atoms with Gasteiger partial charge in [-0.3, -0.25) is 0 Å². The summed E-state index contributed by atoms with van der Waals surface area (Å²) in [4.78, 5) is 10.7. The predicted octanol–water partition coefficient (Wildman–Crippen LogP) is 3.51. The van der Waals surface area contributed by atoms with E-state index in [1.165, 1.54) is 17.9 Å². The van der Waals surface area contributed by atoms with Gasteiger partial charge in [-0.05, 0) is 30.2 Å². The summed E-state index contributed by atoms with van der Waals surface area (Å²) in [7, 11) is 0. The Kier molecular flexibility index (Phi) is 4.23. The number of carboxylic acid groups (broad SMARTS) is 1. The van der Waals surface area contributed by atoms with Crippen LogP contribution in [0.15, 0.2) is 41.0 Å². The van der Waals surface area contributed by atoms with Crippen molar-refractivity contribution in [1.29, 1.82) is 0 Å². The van der Waals surface area contributed by atoms with Gasteiger partial charge in [-0.1, -0.05) is 25.5 Å². The molecule has 0 saturated carbocycles. The number of aromatic carboxylic acids is 1. The van der Waals surface area contributed by atoms with Gasteiger partial charge in [-0.25, -0.2) is 4.79 Å². The van der Waals surface area contributed by atoms with Crippen molar-refractivity contribution in [3.8, 4) is 5.75 Å². The minimum Gasteiger partial charge on any atom is -0.486 e. The van der Waals surface area contributed by atoms with E-state index in [0.717, 1.165) is 18.6 Å². The highest BCUT2D eigenvalue weighted by atomic mass is 16.5. The number of benzene rings is 1. The van der Waals surface area contributed by atoms with E-state index in [1.54, 1.807) is 0 Å². The zero-order chi connectivity index (χ0) is 13.7. The van der Waals surface area contributed by atoms with Crippen molar-refractivity contribution in [2.45, 2.75) is 26.4 Å². The number of rotatable bonds is 6. The highest BCUT2D eigenvalue weighted by Gasteiger charge is 2.08. The molecule has 0 aliphatic heterocycles. The zero-order valence-electron chi connectivity index (χ0n) is 10.8. The molecule has 0 amide bonds. The van der Waals surface area contributed by atoms with Gasteiger partial charge in [-0.15, -0.1) is 0 Å². The summed E-state index contributed by atoms with van der Waals surface area (Å²) in [5.41, 5.74) is 1.41. The first-order chi connectivity index (χ1) is 9.19. The van der Waals surface area contributed by atoms with E-state index in [2.05, 4.69) is 6.92 Å². The number of aryl methyl sites for hydroxylation is 1.